The number of carbonyl (C=O) groups is 3. The van der Waals surface area contributed by atoms with Crippen LogP contribution in [0.25, 0.3) is 0 Å². The van der Waals surface area contributed by atoms with Crippen LogP contribution in [0.1, 0.15) is 12.5 Å². The average Bonchev–Trinajstić information content (AvgIpc) is 2.44. The van der Waals surface area contributed by atoms with E-state index >= 15 is 0 Å². The Hall–Kier alpha value is -2.41. The summed E-state index contributed by atoms with van der Waals surface area (Å²) in [7, 11) is 1.26. The molecular weight excluding hydrogens is 276 g/mol. The molecule has 4 N–H and O–H groups in total. The number of benzene rings is 1. The zero-order chi connectivity index (χ0) is 15.0. The van der Waals surface area contributed by atoms with Crippen LogP contribution in [0, 0.1) is 0 Å². The molecule has 1 rings (SSSR count). The molecule has 0 unspecified atom stereocenters. The van der Waals surface area contributed by atoms with Crippen molar-refractivity contribution in [2.45, 2.75) is 19.4 Å². The molecule has 0 bridgehead atoms. The van der Waals surface area contributed by atoms with Gasteiger partial charge in [-0.15, -0.1) is 0 Å². The maximum atomic E-state index is 11.7. The maximum Gasteiger partial charge on any atom is 0.328 e. The number of amides is 2. The van der Waals surface area contributed by atoms with Gasteiger partial charge in [0.25, 0.3) is 0 Å². The minimum absolute atomic E-state index is 0. The van der Waals surface area contributed by atoms with Crippen LogP contribution in [-0.2, 0) is 25.5 Å². The number of nitrogens with one attached hydrogen (secondary N) is 2. The van der Waals surface area contributed by atoms with Crippen LogP contribution in [0.15, 0.2) is 30.3 Å². The summed E-state index contributed by atoms with van der Waals surface area (Å²) in [4.78, 5) is 34.0. The van der Waals surface area contributed by atoms with Crippen LogP contribution in [0.3, 0.4) is 0 Å². The van der Waals surface area contributed by atoms with E-state index in [-0.39, 0.29) is 17.9 Å². The van der Waals surface area contributed by atoms with Crippen molar-refractivity contribution in [1.82, 2.24) is 10.6 Å². The molecule has 0 aliphatic heterocycles. The molecule has 1 atom stereocenters. The summed E-state index contributed by atoms with van der Waals surface area (Å²) >= 11 is 0. The Morgan fingerprint density at radius 3 is 2.33 bits per heavy atom. The minimum Gasteiger partial charge on any atom is -0.467 e. The lowest BCUT2D eigenvalue weighted by Crippen LogP contribution is -2.46. The summed E-state index contributed by atoms with van der Waals surface area (Å²) in [6.07, 6.45) is 0.333. The fourth-order valence-electron chi connectivity index (χ4n) is 1.64. The fourth-order valence-corrected chi connectivity index (χ4v) is 1.64. The van der Waals surface area contributed by atoms with Gasteiger partial charge in [0.15, 0.2) is 0 Å². The number of methoxy groups -OCH3 is 1. The first-order valence-electron chi connectivity index (χ1n) is 6.18. The van der Waals surface area contributed by atoms with Gasteiger partial charge in [0.05, 0.1) is 13.7 Å². The van der Waals surface area contributed by atoms with Crippen LogP contribution in [0.5, 0.6) is 0 Å². The Morgan fingerprint density at radius 1 is 1.19 bits per heavy atom. The molecule has 0 aliphatic carbocycles. The van der Waals surface area contributed by atoms with Crippen LogP contribution >= 0.6 is 0 Å². The molecule has 1 aromatic carbocycles. The average molecular weight is 296 g/mol. The second-order valence-corrected chi connectivity index (χ2v) is 4.24. The topological polar surface area (TPSA) is 116 Å². The smallest absolute Gasteiger partial charge is 0.328 e. The number of hydrogen-bond acceptors (Lipinski definition) is 4. The van der Waals surface area contributed by atoms with Crippen molar-refractivity contribution < 1.29 is 24.6 Å². The Kier molecular flexibility index (Phi) is 8.40. The van der Waals surface area contributed by atoms with E-state index < -0.39 is 17.9 Å². The third-order valence-electron chi connectivity index (χ3n) is 2.60. The fraction of sp³-hybridized carbons (Fsp3) is 0.357. The van der Waals surface area contributed by atoms with Crippen molar-refractivity contribution in [1.29, 1.82) is 0 Å². The molecule has 7 nitrogen and oxygen atoms in total. The summed E-state index contributed by atoms with van der Waals surface area (Å²) in [6, 6.07) is 8.51. The Balaban J connectivity index is 0.00000400. The van der Waals surface area contributed by atoms with Gasteiger partial charge in [0, 0.05) is 13.3 Å². The third kappa shape index (κ3) is 7.07. The van der Waals surface area contributed by atoms with Crippen LogP contribution in [0.2, 0.25) is 0 Å². The van der Waals surface area contributed by atoms with Crippen molar-refractivity contribution in [3.63, 3.8) is 0 Å². The minimum atomic E-state index is -0.774. The lowest BCUT2D eigenvalue weighted by atomic mass is 10.1. The zero-order valence-corrected chi connectivity index (χ0v) is 12.0. The molecule has 0 radical (unpaired) electrons. The van der Waals surface area contributed by atoms with Crippen LogP contribution in [0.4, 0.5) is 0 Å². The Labute approximate surface area is 123 Å². The first-order chi connectivity index (χ1) is 9.52. The molecule has 0 aromatic heterocycles. The van der Waals surface area contributed by atoms with Crippen molar-refractivity contribution in [3.05, 3.63) is 35.9 Å². The summed E-state index contributed by atoms with van der Waals surface area (Å²) < 4.78 is 4.67. The molecule has 0 spiro atoms. The quantitative estimate of drug-likeness (QED) is 0.668. The van der Waals surface area contributed by atoms with Crippen LogP contribution < -0.4 is 10.6 Å². The van der Waals surface area contributed by atoms with Crippen molar-refractivity contribution in [3.8, 4) is 0 Å². The van der Waals surface area contributed by atoms with Gasteiger partial charge in [-0.2, -0.15) is 0 Å². The van der Waals surface area contributed by atoms with E-state index in [1.807, 2.05) is 30.3 Å². The predicted molar refractivity (Wildman–Crippen MR) is 76.4 cm³/mol. The predicted octanol–water partition coefficient (Wildman–Crippen LogP) is -0.802. The number of hydrogen-bond donors (Lipinski definition) is 2. The molecule has 0 fully saturated rings. The molecular formula is C14H20N2O5. The highest BCUT2D eigenvalue weighted by atomic mass is 16.5. The van der Waals surface area contributed by atoms with E-state index in [1.165, 1.54) is 14.0 Å². The van der Waals surface area contributed by atoms with E-state index in [0.29, 0.717) is 6.42 Å². The van der Waals surface area contributed by atoms with Gasteiger partial charge in [-0.05, 0) is 5.56 Å². The van der Waals surface area contributed by atoms with Gasteiger partial charge in [-0.3, -0.25) is 9.59 Å². The van der Waals surface area contributed by atoms with Gasteiger partial charge in [-0.1, -0.05) is 30.3 Å². The van der Waals surface area contributed by atoms with Crippen molar-refractivity contribution in [2.24, 2.45) is 0 Å². The number of carbonyl (C=O) groups excluding carboxylic acids is 3. The second-order valence-electron chi connectivity index (χ2n) is 4.24. The standard InChI is InChI=1S/C14H18N2O4.H2O/c1-10(17)15-9-13(18)16-12(14(19)20-2)8-11-6-4-3-5-7-11;/h3-7,12H,8-9H2,1-2H3,(H,15,17)(H,16,18);1H2/t12-;/m0./s1. The lowest BCUT2D eigenvalue weighted by Gasteiger charge is -2.16. The molecule has 0 heterocycles. The van der Waals surface area contributed by atoms with Gasteiger partial charge in [-0.25, -0.2) is 4.79 Å². The van der Waals surface area contributed by atoms with E-state index in [4.69, 9.17) is 0 Å². The molecule has 2 amide bonds. The van der Waals surface area contributed by atoms with Gasteiger partial charge in [0.2, 0.25) is 11.8 Å². The SMILES string of the molecule is COC(=O)[C@H](Cc1ccccc1)NC(=O)CNC(C)=O.O. The molecule has 116 valence electrons. The van der Waals surface area contributed by atoms with Gasteiger partial charge >= 0.3 is 5.97 Å². The highest BCUT2D eigenvalue weighted by Gasteiger charge is 2.21. The highest BCUT2D eigenvalue weighted by Crippen LogP contribution is 2.04. The van der Waals surface area contributed by atoms with Crippen molar-refractivity contribution in [2.75, 3.05) is 13.7 Å². The molecule has 0 saturated heterocycles. The van der Waals surface area contributed by atoms with E-state index in [0.717, 1.165) is 5.56 Å². The monoisotopic (exact) mass is 296 g/mol. The van der Waals surface area contributed by atoms with E-state index in [9.17, 15) is 14.4 Å². The summed E-state index contributed by atoms with van der Waals surface area (Å²) in [5.41, 5.74) is 0.905. The van der Waals surface area contributed by atoms with Crippen molar-refractivity contribution >= 4 is 17.8 Å². The summed E-state index contributed by atoms with van der Waals surface area (Å²) in [6.45, 7) is 1.15. The van der Waals surface area contributed by atoms with Gasteiger partial charge < -0.3 is 20.8 Å². The number of ether oxygens (including phenoxy) is 1. The largest absolute Gasteiger partial charge is 0.467 e. The molecule has 1 aromatic rings. The molecule has 21 heavy (non-hydrogen) atoms. The first kappa shape index (κ1) is 18.6. The number of esters is 1. The maximum absolute atomic E-state index is 11.7. The third-order valence-corrected chi connectivity index (χ3v) is 2.60. The summed E-state index contributed by atoms with van der Waals surface area (Å²) in [5, 5.41) is 4.91. The zero-order valence-electron chi connectivity index (χ0n) is 12.0. The Bertz CT molecular complexity index is 476. The Morgan fingerprint density at radius 2 is 1.81 bits per heavy atom. The van der Waals surface area contributed by atoms with Gasteiger partial charge in [0.1, 0.15) is 6.04 Å². The highest BCUT2D eigenvalue weighted by molar-refractivity contribution is 5.87. The first-order valence-corrected chi connectivity index (χ1v) is 6.18. The summed E-state index contributed by atoms with van der Waals surface area (Å²) in [5.74, 6) is -1.27. The normalized spacial score (nSPS) is 10.8. The van der Waals surface area contributed by atoms with Crippen LogP contribution in [-0.4, -0.2) is 43.0 Å². The molecule has 0 aliphatic rings. The lowest BCUT2D eigenvalue weighted by molar-refractivity contribution is -0.144. The molecule has 0 saturated carbocycles. The number of rotatable bonds is 6. The second kappa shape index (κ2) is 9.49. The van der Waals surface area contributed by atoms with E-state index in [2.05, 4.69) is 15.4 Å². The molecule has 7 heteroatoms. The van der Waals surface area contributed by atoms with E-state index in [1.54, 1.807) is 0 Å².